The number of ether oxygens (including phenoxy) is 1. The molecular weight excluding hydrogens is 406 g/mol. The van der Waals surface area contributed by atoms with E-state index in [-0.39, 0.29) is 18.3 Å². The second kappa shape index (κ2) is 8.34. The van der Waals surface area contributed by atoms with Crippen molar-refractivity contribution in [3.63, 3.8) is 0 Å². The van der Waals surface area contributed by atoms with Crippen molar-refractivity contribution in [2.45, 2.75) is 20.5 Å². The first-order chi connectivity index (χ1) is 14.5. The second-order valence-electron chi connectivity index (χ2n) is 6.51. The SMILES string of the molecule is Cc1ccc(-c2noc(COC(=O)c3sc(NC(=O)c4ccco4)cc3C)n2)cc1. The van der Waals surface area contributed by atoms with Gasteiger partial charge < -0.3 is 19.0 Å². The average Bonchev–Trinajstić information content (AvgIpc) is 3.48. The summed E-state index contributed by atoms with van der Waals surface area (Å²) in [5, 5.41) is 7.13. The molecule has 0 atom stereocenters. The van der Waals surface area contributed by atoms with Gasteiger partial charge in [0.25, 0.3) is 11.8 Å². The van der Waals surface area contributed by atoms with E-state index in [9.17, 15) is 9.59 Å². The van der Waals surface area contributed by atoms with E-state index in [4.69, 9.17) is 13.7 Å². The summed E-state index contributed by atoms with van der Waals surface area (Å²) >= 11 is 1.12. The van der Waals surface area contributed by atoms with Gasteiger partial charge in [0.15, 0.2) is 12.4 Å². The van der Waals surface area contributed by atoms with E-state index in [1.807, 2.05) is 31.2 Å². The van der Waals surface area contributed by atoms with E-state index < -0.39 is 11.9 Å². The van der Waals surface area contributed by atoms with Gasteiger partial charge in [0, 0.05) is 5.56 Å². The highest BCUT2D eigenvalue weighted by Crippen LogP contribution is 2.28. The number of nitrogens with one attached hydrogen (secondary N) is 1. The lowest BCUT2D eigenvalue weighted by Gasteiger charge is -2.00. The van der Waals surface area contributed by atoms with Crippen molar-refractivity contribution < 1.29 is 23.3 Å². The third kappa shape index (κ3) is 4.31. The molecule has 0 aliphatic rings. The Labute approximate surface area is 175 Å². The largest absolute Gasteiger partial charge is 0.459 e. The molecule has 1 amide bonds. The van der Waals surface area contributed by atoms with Crippen LogP contribution in [-0.2, 0) is 11.3 Å². The number of hydrogen-bond acceptors (Lipinski definition) is 8. The molecule has 4 rings (SSSR count). The summed E-state index contributed by atoms with van der Waals surface area (Å²) in [6.45, 7) is 3.60. The second-order valence-corrected chi connectivity index (χ2v) is 7.56. The van der Waals surface area contributed by atoms with Crippen molar-refractivity contribution in [2.24, 2.45) is 0 Å². The standard InChI is InChI=1S/C21H17N3O5S/c1-12-5-7-14(8-6-12)19-22-16(29-24-19)11-28-21(26)18-13(2)10-17(30-18)23-20(25)15-4-3-9-27-15/h3-10H,11H2,1-2H3,(H,23,25). The molecule has 0 aliphatic heterocycles. The predicted molar refractivity (Wildman–Crippen MR) is 109 cm³/mol. The lowest BCUT2D eigenvalue weighted by molar-refractivity contribution is 0.0434. The van der Waals surface area contributed by atoms with Gasteiger partial charge in [0.1, 0.15) is 4.88 Å². The van der Waals surface area contributed by atoms with Crippen LogP contribution in [0.4, 0.5) is 5.00 Å². The Morgan fingerprint density at radius 3 is 2.70 bits per heavy atom. The highest BCUT2D eigenvalue weighted by atomic mass is 32.1. The number of hydrogen-bond donors (Lipinski definition) is 1. The molecule has 0 saturated carbocycles. The van der Waals surface area contributed by atoms with Gasteiger partial charge in [-0.1, -0.05) is 35.0 Å². The minimum absolute atomic E-state index is 0.150. The number of anilines is 1. The van der Waals surface area contributed by atoms with Crippen molar-refractivity contribution in [2.75, 3.05) is 5.32 Å². The molecule has 9 heteroatoms. The number of furan rings is 1. The monoisotopic (exact) mass is 423 g/mol. The third-order valence-electron chi connectivity index (χ3n) is 4.19. The van der Waals surface area contributed by atoms with Crippen LogP contribution in [0.15, 0.2) is 57.7 Å². The van der Waals surface area contributed by atoms with Gasteiger partial charge in [-0.2, -0.15) is 4.98 Å². The van der Waals surface area contributed by atoms with Gasteiger partial charge >= 0.3 is 5.97 Å². The van der Waals surface area contributed by atoms with Crippen molar-refractivity contribution in [1.29, 1.82) is 0 Å². The van der Waals surface area contributed by atoms with E-state index in [1.165, 1.54) is 6.26 Å². The fourth-order valence-electron chi connectivity index (χ4n) is 2.65. The minimum Gasteiger partial charge on any atom is -0.459 e. The number of aryl methyl sites for hydroxylation is 2. The Morgan fingerprint density at radius 1 is 1.17 bits per heavy atom. The normalized spacial score (nSPS) is 10.7. The molecule has 8 nitrogen and oxygen atoms in total. The van der Waals surface area contributed by atoms with E-state index in [0.29, 0.717) is 21.3 Å². The predicted octanol–water partition coefficient (Wildman–Crippen LogP) is 4.62. The van der Waals surface area contributed by atoms with Crippen LogP contribution in [0.1, 0.15) is 37.2 Å². The topological polar surface area (TPSA) is 107 Å². The number of carbonyl (C=O) groups is 2. The number of aromatic nitrogens is 2. The van der Waals surface area contributed by atoms with Crippen LogP contribution < -0.4 is 5.32 Å². The first-order valence-electron chi connectivity index (χ1n) is 9.01. The number of thiophene rings is 1. The van der Waals surface area contributed by atoms with Gasteiger partial charge in [-0.3, -0.25) is 4.79 Å². The smallest absolute Gasteiger partial charge is 0.349 e. The minimum atomic E-state index is -0.536. The molecule has 0 saturated heterocycles. The quantitative estimate of drug-likeness (QED) is 0.451. The molecule has 3 heterocycles. The fourth-order valence-corrected chi connectivity index (χ4v) is 3.62. The molecule has 30 heavy (non-hydrogen) atoms. The summed E-state index contributed by atoms with van der Waals surface area (Å²) in [4.78, 5) is 29.2. The van der Waals surface area contributed by atoms with Gasteiger partial charge in [0.05, 0.1) is 11.3 Å². The summed E-state index contributed by atoms with van der Waals surface area (Å²) in [6.07, 6.45) is 1.42. The maximum Gasteiger partial charge on any atom is 0.349 e. The summed E-state index contributed by atoms with van der Waals surface area (Å²) in [5.74, 6) is -0.122. The van der Waals surface area contributed by atoms with Crippen molar-refractivity contribution in [3.8, 4) is 11.4 Å². The summed E-state index contributed by atoms with van der Waals surface area (Å²) in [6, 6.07) is 12.6. The molecule has 0 spiro atoms. The van der Waals surface area contributed by atoms with Gasteiger partial charge in [-0.25, -0.2) is 4.79 Å². The van der Waals surface area contributed by atoms with E-state index in [1.54, 1.807) is 25.1 Å². The Morgan fingerprint density at radius 2 is 1.97 bits per heavy atom. The average molecular weight is 423 g/mol. The third-order valence-corrected chi connectivity index (χ3v) is 5.32. The Bertz CT molecular complexity index is 1180. The van der Waals surface area contributed by atoms with Gasteiger partial charge in [0.2, 0.25) is 5.82 Å². The number of esters is 1. The molecule has 0 fully saturated rings. The zero-order valence-electron chi connectivity index (χ0n) is 16.2. The number of benzene rings is 1. The van der Waals surface area contributed by atoms with E-state index >= 15 is 0 Å². The van der Waals surface area contributed by atoms with Crippen LogP contribution in [0.3, 0.4) is 0 Å². The number of rotatable bonds is 6. The molecule has 1 aromatic carbocycles. The van der Waals surface area contributed by atoms with Gasteiger partial charge in [-0.15, -0.1) is 11.3 Å². The molecule has 0 unspecified atom stereocenters. The van der Waals surface area contributed by atoms with Crippen molar-refractivity contribution in [3.05, 3.63) is 76.4 Å². The van der Waals surface area contributed by atoms with Crippen LogP contribution >= 0.6 is 11.3 Å². The molecule has 0 radical (unpaired) electrons. The fraction of sp³-hybridized carbons (Fsp3) is 0.143. The highest BCUT2D eigenvalue weighted by Gasteiger charge is 2.19. The zero-order valence-corrected chi connectivity index (χ0v) is 17.0. The van der Waals surface area contributed by atoms with Crippen LogP contribution in [0.5, 0.6) is 0 Å². The molecule has 0 bridgehead atoms. The molecule has 4 aromatic rings. The maximum absolute atomic E-state index is 12.4. The van der Waals surface area contributed by atoms with Crippen molar-refractivity contribution >= 4 is 28.2 Å². The van der Waals surface area contributed by atoms with E-state index in [0.717, 1.165) is 22.5 Å². The Hall–Kier alpha value is -3.72. The number of nitrogens with zero attached hydrogens (tertiary/aromatic N) is 2. The highest BCUT2D eigenvalue weighted by molar-refractivity contribution is 7.18. The Balaban J connectivity index is 1.38. The van der Waals surface area contributed by atoms with E-state index in [2.05, 4.69) is 15.5 Å². The first kappa shape index (κ1) is 19.6. The number of carbonyl (C=O) groups excluding carboxylic acids is 2. The lowest BCUT2D eigenvalue weighted by Crippen LogP contribution is -2.09. The molecule has 1 N–H and O–H groups in total. The Kier molecular flexibility index (Phi) is 5.44. The zero-order chi connectivity index (χ0) is 21.1. The lowest BCUT2D eigenvalue weighted by atomic mass is 10.1. The van der Waals surface area contributed by atoms with Crippen LogP contribution in [0.25, 0.3) is 11.4 Å². The molecule has 0 aliphatic carbocycles. The summed E-state index contributed by atoms with van der Waals surface area (Å²) in [7, 11) is 0. The summed E-state index contributed by atoms with van der Waals surface area (Å²) in [5.41, 5.74) is 2.63. The number of amides is 1. The first-order valence-corrected chi connectivity index (χ1v) is 9.83. The molecule has 152 valence electrons. The summed E-state index contributed by atoms with van der Waals surface area (Å²) < 4.78 is 15.5. The van der Waals surface area contributed by atoms with Crippen molar-refractivity contribution in [1.82, 2.24) is 10.1 Å². The molecular formula is C21H17N3O5S. The van der Waals surface area contributed by atoms with Crippen LogP contribution in [0.2, 0.25) is 0 Å². The van der Waals surface area contributed by atoms with Gasteiger partial charge in [-0.05, 0) is 37.6 Å². The van der Waals surface area contributed by atoms with Crippen LogP contribution in [-0.4, -0.2) is 22.0 Å². The maximum atomic E-state index is 12.4. The molecule has 3 aromatic heterocycles. The van der Waals surface area contributed by atoms with Crippen LogP contribution in [0, 0.1) is 13.8 Å².